The summed E-state index contributed by atoms with van der Waals surface area (Å²) < 4.78 is 0. The molecule has 0 N–H and O–H groups in total. The van der Waals surface area contributed by atoms with Gasteiger partial charge in [-0.2, -0.15) is 0 Å². The van der Waals surface area contributed by atoms with Crippen LogP contribution in [0.4, 0.5) is 0 Å². The summed E-state index contributed by atoms with van der Waals surface area (Å²) in [5, 5.41) is 1.18. The van der Waals surface area contributed by atoms with Gasteiger partial charge in [0.1, 0.15) is 0 Å². The number of aromatic nitrogens is 1. The molecular formula is C13H11N. The second-order valence-electron chi connectivity index (χ2n) is 3.10. The van der Waals surface area contributed by atoms with Crippen LogP contribution in [0.5, 0.6) is 0 Å². The zero-order valence-corrected chi connectivity index (χ0v) is 8.12. The highest BCUT2D eigenvalue weighted by Crippen LogP contribution is 2.15. The van der Waals surface area contributed by atoms with Crippen LogP contribution in [0.15, 0.2) is 36.5 Å². The molecule has 1 heterocycles. The largest absolute Gasteiger partial charge is 0.256 e. The molecule has 0 aliphatic rings. The zero-order chi connectivity index (χ0) is 9.80. The molecule has 0 unspecified atom stereocenters. The average molecular weight is 181 g/mol. The summed E-state index contributed by atoms with van der Waals surface area (Å²) in [6, 6.07) is 10.2. The first-order valence-electron chi connectivity index (χ1n) is 4.64. The summed E-state index contributed by atoms with van der Waals surface area (Å²) >= 11 is 0. The van der Waals surface area contributed by atoms with Gasteiger partial charge >= 0.3 is 0 Å². The maximum atomic E-state index is 4.37. The zero-order valence-electron chi connectivity index (χ0n) is 8.12. The summed E-state index contributed by atoms with van der Waals surface area (Å²) in [5.41, 5.74) is 2.27. The highest BCUT2D eigenvalue weighted by molar-refractivity contribution is 5.81. The third kappa shape index (κ3) is 1.60. The number of nitrogens with zero attached hydrogens (tertiary/aromatic N) is 1. The number of hydrogen-bond acceptors (Lipinski definition) is 1. The minimum atomic E-state index is 0.783. The van der Waals surface area contributed by atoms with Crippen molar-refractivity contribution in [1.82, 2.24) is 4.98 Å². The molecule has 0 fully saturated rings. The number of para-hydroxylation sites is 1. The molecule has 0 aliphatic carbocycles. The standard InChI is InChI=1S/C13H11N/c1-2-3-6-11-7-4-8-12-9-5-10-14-13(11)12/h4-5,7-10H,6H2,1H3. The predicted molar refractivity (Wildman–Crippen MR) is 58.9 cm³/mol. The van der Waals surface area contributed by atoms with Crippen LogP contribution >= 0.6 is 0 Å². The lowest BCUT2D eigenvalue weighted by atomic mass is 10.1. The minimum absolute atomic E-state index is 0.783. The molecular weight excluding hydrogens is 170 g/mol. The van der Waals surface area contributed by atoms with Crippen molar-refractivity contribution < 1.29 is 0 Å². The molecule has 14 heavy (non-hydrogen) atoms. The van der Waals surface area contributed by atoms with Crippen molar-refractivity contribution >= 4 is 10.9 Å². The highest BCUT2D eigenvalue weighted by atomic mass is 14.6. The second-order valence-corrected chi connectivity index (χ2v) is 3.10. The monoisotopic (exact) mass is 181 g/mol. The molecule has 0 saturated carbocycles. The summed E-state index contributed by atoms with van der Waals surface area (Å²) in [4.78, 5) is 4.37. The van der Waals surface area contributed by atoms with Gasteiger partial charge in [0, 0.05) is 18.0 Å². The molecule has 1 nitrogen and oxygen atoms in total. The SMILES string of the molecule is CC#CCc1cccc2cccnc12. The lowest BCUT2D eigenvalue weighted by Gasteiger charge is -2.00. The second kappa shape index (κ2) is 3.93. The van der Waals surface area contributed by atoms with E-state index in [0.717, 1.165) is 11.9 Å². The van der Waals surface area contributed by atoms with Gasteiger partial charge in [0.15, 0.2) is 0 Å². The van der Waals surface area contributed by atoms with E-state index in [1.165, 1.54) is 10.9 Å². The van der Waals surface area contributed by atoms with Crippen molar-refractivity contribution in [3.05, 3.63) is 42.1 Å². The third-order valence-electron chi connectivity index (χ3n) is 2.17. The Hall–Kier alpha value is -1.81. The van der Waals surface area contributed by atoms with Crippen molar-refractivity contribution in [2.45, 2.75) is 13.3 Å². The topological polar surface area (TPSA) is 12.9 Å². The first-order valence-corrected chi connectivity index (χ1v) is 4.64. The van der Waals surface area contributed by atoms with Gasteiger partial charge in [0.05, 0.1) is 5.52 Å². The maximum Gasteiger partial charge on any atom is 0.0743 e. The molecule has 2 rings (SSSR count). The fraction of sp³-hybridized carbons (Fsp3) is 0.154. The van der Waals surface area contributed by atoms with Crippen molar-refractivity contribution in [3.63, 3.8) is 0 Å². The number of pyridine rings is 1. The molecule has 68 valence electrons. The van der Waals surface area contributed by atoms with Crippen LogP contribution in [0.2, 0.25) is 0 Å². The van der Waals surface area contributed by atoms with E-state index in [1.54, 1.807) is 0 Å². The lowest BCUT2D eigenvalue weighted by molar-refractivity contribution is 1.29. The summed E-state index contributed by atoms with van der Waals surface area (Å²) in [5.74, 6) is 5.97. The normalized spacial score (nSPS) is 9.50. The van der Waals surface area contributed by atoms with Crippen LogP contribution in [0, 0.1) is 11.8 Å². The van der Waals surface area contributed by atoms with Gasteiger partial charge in [0.25, 0.3) is 0 Å². The average Bonchev–Trinajstić information content (AvgIpc) is 2.26. The Morgan fingerprint density at radius 1 is 1.21 bits per heavy atom. The van der Waals surface area contributed by atoms with Crippen molar-refractivity contribution in [1.29, 1.82) is 0 Å². The maximum absolute atomic E-state index is 4.37. The molecule has 1 heteroatoms. The molecule has 0 aliphatic heterocycles. The number of rotatable bonds is 1. The van der Waals surface area contributed by atoms with Crippen LogP contribution in [-0.4, -0.2) is 4.98 Å². The van der Waals surface area contributed by atoms with Crippen LogP contribution in [-0.2, 0) is 6.42 Å². The Labute approximate surface area is 83.8 Å². The van der Waals surface area contributed by atoms with Crippen LogP contribution in [0.25, 0.3) is 10.9 Å². The Bertz CT molecular complexity index is 498. The quantitative estimate of drug-likeness (QED) is 0.616. The Morgan fingerprint density at radius 3 is 2.93 bits per heavy atom. The smallest absolute Gasteiger partial charge is 0.0743 e. The van der Waals surface area contributed by atoms with Gasteiger partial charge in [-0.1, -0.05) is 30.2 Å². The van der Waals surface area contributed by atoms with Crippen LogP contribution < -0.4 is 0 Å². The molecule has 0 spiro atoms. The van der Waals surface area contributed by atoms with Gasteiger partial charge in [-0.05, 0) is 18.6 Å². The first kappa shape index (κ1) is 8.77. The van der Waals surface area contributed by atoms with Gasteiger partial charge in [-0.15, -0.1) is 5.92 Å². The van der Waals surface area contributed by atoms with Crippen molar-refractivity contribution in [2.75, 3.05) is 0 Å². The van der Waals surface area contributed by atoms with Crippen molar-refractivity contribution in [2.24, 2.45) is 0 Å². The van der Waals surface area contributed by atoms with E-state index in [1.807, 2.05) is 19.2 Å². The van der Waals surface area contributed by atoms with Crippen molar-refractivity contribution in [3.8, 4) is 11.8 Å². The van der Waals surface area contributed by atoms with E-state index in [0.29, 0.717) is 0 Å². The van der Waals surface area contributed by atoms with Crippen LogP contribution in [0.1, 0.15) is 12.5 Å². The summed E-state index contributed by atoms with van der Waals surface area (Å²) in [6.45, 7) is 1.86. The number of fused-ring (bicyclic) bond motifs is 1. The Kier molecular flexibility index (Phi) is 2.46. The van der Waals surface area contributed by atoms with E-state index < -0.39 is 0 Å². The predicted octanol–water partition coefficient (Wildman–Crippen LogP) is 2.80. The van der Waals surface area contributed by atoms with Gasteiger partial charge in [-0.3, -0.25) is 4.98 Å². The highest BCUT2D eigenvalue weighted by Gasteiger charge is 1.98. The molecule has 0 saturated heterocycles. The molecule has 1 aromatic carbocycles. The molecule has 0 atom stereocenters. The third-order valence-corrected chi connectivity index (χ3v) is 2.17. The van der Waals surface area contributed by atoms with E-state index in [9.17, 15) is 0 Å². The molecule has 2 aromatic rings. The number of benzene rings is 1. The van der Waals surface area contributed by atoms with E-state index in [2.05, 4.69) is 41.1 Å². The van der Waals surface area contributed by atoms with Crippen LogP contribution in [0.3, 0.4) is 0 Å². The fourth-order valence-electron chi connectivity index (χ4n) is 1.49. The van der Waals surface area contributed by atoms with Gasteiger partial charge in [-0.25, -0.2) is 0 Å². The van der Waals surface area contributed by atoms with E-state index >= 15 is 0 Å². The Morgan fingerprint density at radius 2 is 2.07 bits per heavy atom. The van der Waals surface area contributed by atoms with E-state index in [-0.39, 0.29) is 0 Å². The molecule has 0 amide bonds. The summed E-state index contributed by atoms with van der Waals surface area (Å²) in [6.07, 6.45) is 2.61. The molecule has 1 aromatic heterocycles. The minimum Gasteiger partial charge on any atom is -0.256 e. The number of hydrogen-bond donors (Lipinski definition) is 0. The Balaban J connectivity index is 2.57. The first-order chi connectivity index (χ1) is 6.92. The van der Waals surface area contributed by atoms with E-state index in [4.69, 9.17) is 0 Å². The van der Waals surface area contributed by atoms with Gasteiger partial charge < -0.3 is 0 Å². The molecule has 0 bridgehead atoms. The fourth-order valence-corrected chi connectivity index (χ4v) is 1.49. The molecule has 0 radical (unpaired) electrons. The van der Waals surface area contributed by atoms with Gasteiger partial charge in [0.2, 0.25) is 0 Å². The lowest BCUT2D eigenvalue weighted by Crippen LogP contribution is -1.86. The summed E-state index contributed by atoms with van der Waals surface area (Å²) in [7, 11) is 0.